The molecule has 0 amide bonds. The minimum atomic E-state index is -0.132. The third-order valence-electron chi connectivity index (χ3n) is 3.82. The van der Waals surface area contributed by atoms with Gasteiger partial charge < -0.3 is 5.11 Å². The van der Waals surface area contributed by atoms with E-state index in [0.29, 0.717) is 0 Å². The molecule has 0 aliphatic carbocycles. The Kier molecular flexibility index (Phi) is 16.9. The van der Waals surface area contributed by atoms with Crippen LogP contribution >= 0.6 is 15.9 Å². The van der Waals surface area contributed by atoms with Gasteiger partial charge in [-0.05, 0) is 6.42 Å². The van der Waals surface area contributed by atoms with Gasteiger partial charge in [0.25, 0.3) is 0 Å². The molecule has 0 aliphatic heterocycles. The van der Waals surface area contributed by atoms with Gasteiger partial charge in [0.2, 0.25) is 0 Å². The van der Waals surface area contributed by atoms with Crippen molar-refractivity contribution < 1.29 is 5.11 Å². The van der Waals surface area contributed by atoms with E-state index in [-0.39, 0.29) is 6.10 Å². The zero-order chi connectivity index (χ0) is 14.2. The van der Waals surface area contributed by atoms with Crippen molar-refractivity contribution >= 4 is 15.9 Å². The zero-order valence-electron chi connectivity index (χ0n) is 13.0. The van der Waals surface area contributed by atoms with Gasteiger partial charge in [0, 0.05) is 5.33 Å². The largest absolute Gasteiger partial charge is 0.392 e. The summed E-state index contributed by atoms with van der Waals surface area (Å²) >= 11 is 3.30. The quantitative estimate of drug-likeness (QED) is 0.278. The summed E-state index contributed by atoms with van der Waals surface area (Å²) in [6, 6.07) is 0. The van der Waals surface area contributed by atoms with E-state index in [1.807, 2.05) is 0 Å². The third kappa shape index (κ3) is 16.4. The third-order valence-corrected chi connectivity index (χ3v) is 4.57. The highest BCUT2D eigenvalue weighted by molar-refractivity contribution is 9.09. The first kappa shape index (κ1) is 19.4. The lowest BCUT2D eigenvalue weighted by Gasteiger charge is -2.06. The van der Waals surface area contributed by atoms with Crippen molar-refractivity contribution in [3.05, 3.63) is 0 Å². The lowest BCUT2D eigenvalue weighted by Crippen LogP contribution is -2.06. The average molecular weight is 335 g/mol. The van der Waals surface area contributed by atoms with Crippen molar-refractivity contribution in [3.8, 4) is 0 Å². The van der Waals surface area contributed by atoms with Crippen LogP contribution in [0, 0.1) is 0 Å². The predicted molar refractivity (Wildman–Crippen MR) is 90.1 cm³/mol. The molecule has 0 rings (SSSR count). The molecule has 0 aromatic carbocycles. The fourth-order valence-electron chi connectivity index (χ4n) is 2.47. The second kappa shape index (κ2) is 16.5. The van der Waals surface area contributed by atoms with E-state index in [1.165, 1.54) is 83.5 Å². The van der Waals surface area contributed by atoms with Gasteiger partial charge >= 0.3 is 0 Å². The Bertz CT molecular complexity index is 161. The molecular formula is C17H35BrO. The summed E-state index contributed by atoms with van der Waals surface area (Å²) in [4.78, 5) is 0. The number of halogens is 1. The van der Waals surface area contributed by atoms with Crippen LogP contribution < -0.4 is 0 Å². The molecule has 0 aromatic rings. The molecule has 116 valence electrons. The van der Waals surface area contributed by atoms with Gasteiger partial charge in [-0.25, -0.2) is 0 Å². The molecule has 0 saturated heterocycles. The van der Waals surface area contributed by atoms with Crippen LogP contribution in [0.25, 0.3) is 0 Å². The molecule has 1 unspecified atom stereocenters. The van der Waals surface area contributed by atoms with E-state index < -0.39 is 0 Å². The highest BCUT2D eigenvalue weighted by atomic mass is 79.9. The van der Waals surface area contributed by atoms with Crippen LogP contribution in [-0.2, 0) is 0 Å². The number of hydrogen-bond acceptors (Lipinski definition) is 1. The standard InChI is InChI=1S/C17H35BrO/c1-2-3-4-5-6-7-8-9-10-11-12-13-14-15-17(19)16-18/h17,19H,2-16H2,1H3. The summed E-state index contributed by atoms with van der Waals surface area (Å²) in [7, 11) is 0. The van der Waals surface area contributed by atoms with Crippen LogP contribution in [-0.4, -0.2) is 16.5 Å². The minimum absolute atomic E-state index is 0.132. The molecular weight excluding hydrogens is 300 g/mol. The molecule has 0 saturated carbocycles. The maximum Gasteiger partial charge on any atom is 0.0637 e. The summed E-state index contributed by atoms with van der Waals surface area (Å²) in [5, 5.41) is 10.1. The van der Waals surface area contributed by atoms with Gasteiger partial charge in [-0.1, -0.05) is 106 Å². The van der Waals surface area contributed by atoms with E-state index in [0.717, 1.165) is 11.8 Å². The first-order valence-electron chi connectivity index (χ1n) is 8.55. The molecule has 0 radical (unpaired) electrons. The summed E-state index contributed by atoms with van der Waals surface area (Å²) in [5.41, 5.74) is 0. The second-order valence-electron chi connectivity index (χ2n) is 5.84. The lowest BCUT2D eigenvalue weighted by molar-refractivity contribution is 0.186. The van der Waals surface area contributed by atoms with Crippen molar-refractivity contribution in [2.45, 2.75) is 103 Å². The van der Waals surface area contributed by atoms with E-state index in [9.17, 15) is 5.11 Å². The summed E-state index contributed by atoms with van der Waals surface area (Å²) in [6.45, 7) is 2.28. The van der Waals surface area contributed by atoms with Crippen molar-refractivity contribution in [2.75, 3.05) is 5.33 Å². The molecule has 0 heterocycles. The van der Waals surface area contributed by atoms with Crippen molar-refractivity contribution in [3.63, 3.8) is 0 Å². The topological polar surface area (TPSA) is 20.2 Å². The Labute approximate surface area is 129 Å². The maximum atomic E-state index is 9.39. The van der Waals surface area contributed by atoms with E-state index in [4.69, 9.17) is 0 Å². The molecule has 0 fully saturated rings. The van der Waals surface area contributed by atoms with Gasteiger partial charge in [-0.2, -0.15) is 0 Å². The predicted octanol–water partition coefficient (Wildman–Crippen LogP) is 6.22. The normalized spacial score (nSPS) is 12.8. The molecule has 1 nitrogen and oxygen atoms in total. The summed E-state index contributed by atoms with van der Waals surface area (Å²) in [6.07, 6.45) is 18.9. The van der Waals surface area contributed by atoms with Gasteiger partial charge in [0.1, 0.15) is 0 Å². The number of unbranched alkanes of at least 4 members (excludes halogenated alkanes) is 12. The highest BCUT2D eigenvalue weighted by Crippen LogP contribution is 2.13. The molecule has 0 spiro atoms. The minimum Gasteiger partial charge on any atom is -0.392 e. The van der Waals surface area contributed by atoms with Crippen LogP contribution in [0.2, 0.25) is 0 Å². The molecule has 0 aromatic heterocycles. The Balaban J connectivity index is 2.95. The smallest absolute Gasteiger partial charge is 0.0637 e. The van der Waals surface area contributed by atoms with Crippen LogP contribution in [0.5, 0.6) is 0 Å². The Morgan fingerprint density at radius 1 is 0.684 bits per heavy atom. The van der Waals surface area contributed by atoms with Gasteiger partial charge in [-0.15, -0.1) is 0 Å². The van der Waals surface area contributed by atoms with Gasteiger partial charge in [0.05, 0.1) is 6.10 Å². The van der Waals surface area contributed by atoms with E-state index >= 15 is 0 Å². The fraction of sp³-hybridized carbons (Fsp3) is 1.00. The number of hydrogen-bond donors (Lipinski definition) is 1. The number of rotatable bonds is 15. The number of alkyl halides is 1. The second-order valence-corrected chi connectivity index (χ2v) is 6.49. The van der Waals surface area contributed by atoms with Crippen molar-refractivity contribution in [1.82, 2.24) is 0 Å². The van der Waals surface area contributed by atoms with Crippen LogP contribution in [0.1, 0.15) is 96.8 Å². The van der Waals surface area contributed by atoms with Crippen LogP contribution in [0.3, 0.4) is 0 Å². The lowest BCUT2D eigenvalue weighted by atomic mass is 10.0. The van der Waals surface area contributed by atoms with E-state index in [1.54, 1.807) is 0 Å². The molecule has 1 N–H and O–H groups in total. The summed E-state index contributed by atoms with van der Waals surface area (Å²) in [5.74, 6) is 0. The van der Waals surface area contributed by atoms with Crippen molar-refractivity contribution in [1.29, 1.82) is 0 Å². The van der Waals surface area contributed by atoms with Crippen molar-refractivity contribution in [2.24, 2.45) is 0 Å². The average Bonchev–Trinajstić information content (AvgIpc) is 2.43. The Morgan fingerprint density at radius 3 is 1.42 bits per heavy atom. The maximum absolute atomic E-state index is 9.39. The Hall–Kier alpha value is 0.440. The van der Waals surface area contributed by atoms with Gasteiger partial charge in [0.15, 0.2) is 0 Å². The number of aliphatic hydroxyl groups excluding tert-OH is 1. The first-order valence-corrected chi connectivity index (χ1v) is 9.67. The zero-order valence-corrected chi connectivity index (χ0v) is 14.6. The highest BCUT2D eigenvalue weighted by Gasteiger charge is 2.00. The number of aliphatic hydroxyl groups is 1. The molecule has 19 heavy (non-hydrogen) atoms. The first-order chi connectivity index (χ1) is 9.31. The molecule has 2 heteroatoms. The van der Waals surface area contributed by atoms with Gasteiger partial charge in [-0.3, -0.25) is 0 Å². The van der Waals surface area contributed by atoms with Crippen LogP contribution in [0.4, 0.5) is 0 Å². The molecule has 0 bridgehead atoms. The fourth-order valence-corrected chi connectivity index (χ4v) is 2.80. The SMILES string of the molecule is CCCCCCCCCCCCCCCC(O)CBr. The monoisotopic (exact) mass is 334 g/mol. The van der Waals surface area contributed by atoms with E-state index in [2.05, 4.69) is 22.9 Å². The summed E-state index contributed by atoms with van der Waals surface area (Å²) < 4.78 is 0. The molecule has 0 aliphatic rings. The Morgan fingerprint density at radius 2 is 1.05 bits per heavy atom. The molecule has 1 atom stereocenters. The van der Waals surface area contributed by atoms with Crippen LogP contribution in [0.15, 0.2) is 0 Å².